The summed E-state index contributed by atoms with van der Waals surface area (Å²) < 4.78 is 6.23. The van der Waals surface area contributed by atoms with Gasteiger partial charge in [0.1, 0.15) is 0 Å². The Kier molecular flexibility index (Phi) is 4.88. The van der Waals surface area contributed by atoms with Gasteiger partial charge in [0.15, 0.2) is 8.15 Å². The minimum atomic E-state index is -1.19. The summed E-state index contributed by atoms with van der Waals surface area (Å²) in [5.74, 6) is 0.335. The second-order valence-electron chi connectivity index (χ2n) is 5.24. The molecule has 120 valence electrons. The third kappa shape index (κ3) is 3.44. The van der Waals surface area contributed by atoms with Gasteiger partial charge in [-0.15, -0.1) is 0 Å². The van der Waals surface area contributed by atoms with E-state index < -0.39 is 13.1 Å². The minimum Gasteiger partial charge on any atom is -0.457 e. The second kappa shape index (κ2) is 7.24. The second-order valence-corrected chi connectivity index (χ2v) is 7.04. The Balaban J connectivity index is 2.08. The van der Waals surface area contributed by atoms with E-state index in [9.17, 15) is 10.1 Å². The first-order chi connectivity index (χ1) is 11.7. The average Bonchev–Trinajstić information content (AvgIpc) is 2.62. The van der Waals surface area contributed by atoms with Crippen molar-refractivity contribution in [2.24, 2.45) is 0 Å². The number of aryl methyl sites for hydroxylation is 1. The molecule has 0 fully saturated rings. The van der Waals surface area contributed by atoms with Crippen LogP contribution in [0.25, 0.3) is 0 Å². The van der Waals surface area contributed by atoms with Crippen LogP contribution in [0.5, 0.6) is 5.75 Å². The Bertz CT molecular complexity index is 798. The molecule has 0 heterocycles. The summed E-state index contributed by atoms with van der Waals surface area (Å²) in [6, 6.07) is 24.6. The largest absolute Gasteiger partial charge is 0.457 e. The number of nitro groups is 1. The number of hydrogen-bond donors (Lipinski definition) is 0. The van der Waals surface area contributed by atoms with E-state index in [1.54, 1.807) is 6.07 Å². The maximum atomic E-state index is 11.4. The molecular weight excluding hydrogens is 321 g/mol. The van der Waals surface area contributed by atoms with Gasteiger partial charge in [-0.2, -0.15) is 0 Å². The van der Waals surface area contributed by atoms with Crippen molar-refractivity contribution < 1.29 is 9.45 Å². The van der Waals surface area contributed by atoms with Crippen molar-refractivity contribution in [2.75, 3.05) is 0 Å². The van der Waals surface area contributed by atoms with Crippen LogP contribution in [-0.2, 0) is 0 Å². The van der Waals surface area contributed by atoms with Crippen LogP contribution in [0.1, 0.15) is 5.56 Å². The Morgan fingerprint density at radius 2 is 1.38 bits per heavy atom. The maximum absolute atomic E-state index is 11.4. The first-order valence-corrected chi connectivity index (χ1v) is 8.75. The molecule has 24 heavy (non-hydrogen) atoms. The van der Waals surface area contributed by atoms with Crippen LogP contribution in [0.4, 0.5) is 5.69 Å². The standard InChI is InChI=1S/C19H16NO3P/c1-15-9-8-14-18(20(21)22)19(15)23-24(16-10-4-2-5-11-16)17-12-6-3-7-13-17/h2-14H,1H3. The molecule has 0 aliphatic heterocycles. The highest BCUT2D eigenvalue weighted by Gasteiger charge is 2.23. The molecular formula is C19H16NO3P. The van der Waals surface area contributed by atoms with Crippen LogP contribution >= 0.6 is 8.15 Å². The van der Waals surface area contributed by atoms with E-state index in [-0.39, 0.29) is 5.69 Å². The Labute approximate surface area is 141 Å². The smallest absolute Gasteiger partial charge is 0.311 e. The third-order valence-corrected chi connectivity index (χ3v) is 5.45. The zero-order valence-electron chi connectivity index (χ0n) is 13.1. The van der Waals surface area contributed by atoms with Crippen LogP contribution < -0.4 is 15.1 Å². The fourth-order valence-electron chi connectivity index (χ4n) is 2.37. The van der Waals surface area contributed by atoms with Gasteiger partial charge in [0, 0.05) is 16.7 Å². The molecule has 3 rings (SSSR count). The molecule has 0 atom stereocenters. The summed E-state index contributed by atoms with van der Waals surface area (Å²) in [6.07, 6.45) is 0. The zero-order valence-corrected chi connectivity index (χ0v) is 14.0. The average molecular weight is 337 g/mol. The van der Waals surface area contributed by atoms with Crippen LogP contribution in [0.15, 0.2) is 78.9 Å². The molecule has 0 unspecified atom stereocenters. The first kappa shape index (κ1) is 16.2. The normalized spacial score (nSPS) is 10.6. The molecule has 0 radical (unpaired) electrons. The molecule has 0 N–H and O–H groups in total. The van der Waals surface area contributed by atoms with E-state index in [1.165, 1.54) is 6.07 Å². The van der Waals surface area contributed by atoms with Crippen LogP contribution in [-0.4, -0.2) is 4.92 Å². The fraction of sp³-hybridized carbons (Fsp3) is 0.0526. The lowest BCUT2D eigenvalue weighted by atomic mass is 10.2. The maximum Gasteiger partial charge on any atom is 0.311 e. The van der Waals surface area contributed by atoms with Crippen molar-refractivity contribution in [2.45, 2.75) is 6.92 Å². The van der Waals surface area contributed by atoms with E-state index in [2.05, 4.69) is 0 Å². The van der Waals surface area contributed by atoms with Gasteiger partial charge in [0.2, 0.25) is 5.75 Å². The molecule has 0 bridgehead atoms. The zero-order chi connectivity index (χ0) is 16.9. The summed E-state index contributed by atoms with van der Waals surface area (Å²) in [4.78, 5) is 11.0. The quantitative estimate of drug-likeness (QED) is 0.395. The lowest BCUT2D eigenvalue weighted by molar-refractivity contribution is -0.385. The SMILES string of the molecule is Cc1cccc([N+](=O)[O-])c1OP(c1ccccc1)c1ccccc1. The van der Waals surface area contributed by atoms with E-state index >= 15 is 0 Å². The highest BCUT2D eigenvalue weighted by atomic mass is 31.1. The molecule has 0 aliphatic rings. The number of benzene rings is 3. The van der Waals surface area contributed by atoms with Crippen molar-refractivity contribution >= 4 is 24.4 Å². The Morgan fingerprint density at radius 1 is 0.833 bits per heavy atom. The lowest BCUT2D eigenvalue weighted by Crippen LogP contribution is -2.16. The number of hydrogen-bond acceptors (Lipinski definition) is 3. The third-order valence-electron chi connectivity index (χ3n) is 3.55. The van der Waals surface area contributed by atoms with Crippen molar-refractivity contribution in [1.82, 2.24) is 0 Å². The van der Waals surface area contributed by atoms with Gasteiger partial charge in [0.25, 0.3) is 0 Å². The molecule has 0 aromatic heterocycles. The van der Waals surface area contributed by atoms with Crippen molar-refractivity contribution in [3.05, 3.63) is 94.5 Å². The van der Waals surface area contributed by atoms with Gasteiger partial charge in [-0.3, -0.25) is 10.1 Å². The van der Waals surface area contributed by atoms with E-state index in [0.717, 1.165) is 16.2 Å². The highest BCUT2D eigenvalue weighted by molar-refractivity contribution is 7.68. The van der Waals surface area contributed by atoms with E-state index in [4.69, 9.17) is 4.52 Å². The van der Waals surface area contributed by atoms with Crippen LogP contribution in [0.2, 0.25) is 0 Å². The van der Waals surface area contributed by atoms with Crippen LogP contribution in [0.3, 0.4) is 0 Å². The van der Waals surface area contributed by atoms with Gasteiger partial charge in [-0.1, -0.05) is 72.8 Å². The van der Waals surface area contributed by atoms with Gasteiger partial charge >= 0.3 is 5.69 Å². The Morgan fingerprint density at radius 3 is 1.88 bits per heavy atom. The molecule has 0 aliphatic carbocycles. The van der Waals surface area contributed by atoms with Crippen molar-refractivity contribution in [3.63, 3.8) is 0 Å². The topological polar surface area (TPSA) is 52.4 Å². The predicted molar refractivity (Wildman–Crippen MR) is 97.5 cm³/mol. The number of nitrogens with zero attached hydrogens (tertiary/aromatic N) is 1. The molecule has 3 aromatic carbocycles. The minimum absolute atomic E-state index is 0.00522. The van der Waals surface area contributed by atoms with Crippen molar-refractivity contribution in [3.8, 4) is 5.75 Å². The highest BCUT2D eigenvalue weighted by Crippen LogP contribution is 2.42. The summed E-state index contributed by atoms with van der Waals surface area (Å²) in [5.41, 5.74) is 0.748. The van der Waals surface area contributed by atoms with Crippen LogP contribution in [0, 0.1) is 17.0 Å². The first-order valence-electron chi connectivity index (χ1n) is 7.49. The summed E-state index contributed by atoms with van der Waals surface area (Å²) in [6.45, 7) is 1.83. The van der Waals surface area contributed by atoms with E-state index in [1.807, 2.05) is 73.7 Å². The molecule has 0 saturated carbocycles. The molecule has 0 saturated heterocycles. The van der Waals surface area contributed by atoms with Gasteiger partial charge in [-0.25, -0.2) is 0 Å². The lowest BCUT2D eigenvalue weighted by Gasteiger charge is -2.20. The van der Waals surface area contributed by atoms with Crippen molar-refractivity contribution in [1.29, 1.82) is 0 Å². The fourth-order valence-corrected chi connectivity index (χ4v) is 4.19. The monoisotopic (exact) mass is 337 g/mol. The Hall–Kier alpha value is -2.71. The summed E-state index contributed by atoms with van der Waals surface area (Å²) in [7, 11) is -1.19. The van der Waals surface area contributed by atoms with Gasteiger partial charge in [0.05, 0.1) is 4.92 Å². The molecule has 0 amide bonds. The summed E-state index contributed by atoms with van der Waals surface area (Å²) >= 11 is 0. The van der Waals surface area contributed by atoms with Gasteiger partial charge in [-0.05, 0) is 12.5 Å². The number of nitro benzene ring substituents is 1. The van der Waals surface area contributed by atoms with Gasteiger partial charge < -0.3 is 4.52 Å². The van der Waals surface area contributed by atoms with E-state index in [0.29, 0.717) is 5.75 Å². The molecule has 5 heteroatoms. The predicted octanol–water partition coefficient (Wildman–Crippen LogP) is 4.33. The number of para-hydroxylation sites is 1. The molecule has 3 aromatic rings. The summed E-state index contributed by atoms with van der Waals surface area (Å²) in [5, 5.41) is 13.4. The number of rotatable bonds is 5. The molecule has 4 nitrogen and oxygen atoms in total. The molecule has 0 spiro atoms.